The minimum atomic E-state index is -0.294. The van der Waals surface area contributed by atoms with Crippen molar-refractivity contribution in [2.45, 2.75) is 71.8 Å². The Kier molecular flexibility index (Phi) is 6.45. The first-order valence-corrected chi connectivity index (χ1v) is 11.2. The minimum Gasteiger partial charge on any atom is -0.396 e. The first kappa shape index (κ1) is 21.6. The Morgan fingerprint density at radius 1 is 1.18 bits per heavy atom. The lowest BCUT2D eigenvalue weighted by Crippen LogP contribution is -2.54. The predicted octanol–water partition coefficient (Wildman–Crippen LogP) is 3.46. The molecular formula is C23H40N2O3. The molecule has 7 atom stereocenters. The van der Waals surface area contributed by atoms with Crippen LogP contribution >= 0.6 is 0 Å². The molecule has 0 aromatic heterocycles. The van der Waals surface area contributed by atoms with Crippen LogP contribution in [0.3, 0.4) is 0 Å². The molecule has 3 saturated carbocycles. The molecule has 0 radical (unpaired) electrons. The molecule has 2 amide bonds. The topological polar surface area (TPSA) is 81.6 Å². The van der Waals surface area contributed by atoms with Gasteiger partial charge < -0.3 is 20.8 Å². The smallest absolute Gasteiger partial charge is 0.314 e. The third-order valence-electron chi connectivity index (χ3n) is 8.80. The first-order chi connectivity index (χ1) is 13.3. The highest BCUT2D eigenvalue weighted by Crippen LogP contribution is 2.63. The first-order valence-electron chi connectivity index (χ1n) is 11.2. The van der Waals surface area contributed by atoms with E-state index in [9.17, 15) is 15.0 Å². The summed E-state index contributed by atoms with van der Waals surface area (Å²) in [5, 5.41) is 26.3. The van der Waals surface area contributed by atoms with E-state index in [1.165, 1.54) is 5.57 Å². The standard InChI is InChI=1S/C23H40N2O3/c1-5-24-21(28)25-13-18-19-7-6-15(2)22(19,3)11-9-20(18)23(4)10-8-17(27)12-16(23)14-26/h16-20,26-27H,2,5-14H2,1,3-4H3,(H2,24,25,28). The molecule has 0 spiro atoms. The summed E-state index contributed by atoms with van der Waals surface area (Å²) in [5.74, 6) is 1.49. The lowest BCUT2D eigenvalue weighted by Gasteiger charge is -2.56. The Morgan fingerprint density at radius 3 is 2.61 bits per heavy atom. The fourth-order valence-corrected chi connectivity index (χ4v) is 6.90. The molecule has 5 heteroatoms. The van der Waals surface area contributed by atoms with Gasteiger partial charge in [0, 0.05) is 19.7 Å². The van der Waals surface area contributed by atoms with Crippen molar-refractivity contribution in [2.75, 3.05) is 19.7 Å². The zero-order valence-corrected chi connectivity index (χ0v) is 18.0. The number of urea groups is 1. The Hall–Kier alpha value is -1.07. The summed E-state index contributed by atoms with van der Waals surface area (Å²) in [4.78, 5) is 12.1. The summed E-state index contributed by atoms with van der Waals surface area (Å²) in [7, 11) is 0. The van der Waals surface area contributed by atoms with E-state index < -0.39 is 0 Å². The number of aliphatic hydroxyl groups is 2. The Labute approximate surface area is 170 Å². The molecule has 3 aliphatic rings. The largest absolute Gasteiger partial charge is 0.396 e. The Morgan fingerprint density at radius 2 is 1.93 bits per heavy atom. The molecule has 0 bridgehead atoms. The molecule has 0 saturated heterocycles. The second-order valence-electron chi connectivity index (χ2n) is 10.0. The number of nitrogens with one attached hydrogen (secondary N) is 2. The van der Waals surface area contributed by atoms with Gasteiger partial charge in [-0.2, -0.15) is 0 Å². The molecule has 3 fully saturated rings. The molecule has 0 aliphatic heterocycles. The second kappa shape index (κ2) is 8.35. The highest BCUT2D eigenvalue weighted by atomic mass is 16.3. The molecule has 0 aromatic carbocycles. The fraction of sp³-hybridized carbons (Fsp3) is 0.870. The zero-order chi connectivity index (χ0) is 20.5. The second-order valence-corrected chi connectivity index (χ2v) is 10.0. The number of amides is 2. The van der Waals surface area contributed by atoms with Gasteiger partial charge in [-0.25, -0.2) is 4.79 Å². The van der Waals surface area contributed by atoms with Crippen molar-refractivity contribution >= 4 is 6.03 Å². The average molecular weight is 393 g/mol. The van der Waals surface area contributed by atoms with Crippen LogP contribution < -0.4 is 10.6 Å². The molecule has 3 rings (SSSR count). The van der Waals surface area contributed by atoms with Crippen LogP contribution in [-0.2, 0) is 0 Å². The summed E-state index contributed by atoms with van der Waals surface area (Å²) in [6.45, 7) is 12.5. The van der Waals surface area contributed by atoms with Gasteiger partial charge in [-0.3, -0.25) is 0 Å². The lowest BCUT2D eigenvalue weighted by atomic mass is 9.49. The quantitative estimate of drug-likeness (QED) is 0.541. The Bertz CT molecular complexity index is 594. The van der Waals surface area contributed by atoms with Crippen molar-refractivity contribution < 1.29 is 15.0 Å². The van der Waals surface area contributed by atoms with Crippen molar-refractivity contribution in [3.05, 3.63) is 12.2 Å². The normalized spacial score (nSPS) is 43.5. The Balaban J connectivity index is 1.87. The van der Waals surface area contributed by atoms with E-state index in [1.54, 1.807) is 0 Å². The molecule has 7 unspecified atom stereocenters. The van der Waals surface area contributed by atoms with E-state index in [0.717, 1.165) is 38.5 Å². The fourth-order valence-electron chi connectivity index (χ4n) is 6.90. The SMILES string of the molecule is C=C1CCC2C(CNC(=O)NCC)C(C3(C)CCC(O)CC3CO)CCC12C. The van der Waals surface area contributed by atoms with Crippen LogP contribution in [0.15, 0.2) is 12.2 Å². The maximum Gasteiger partial charge on any atom is 0.314 e. The van der Waals surface area contributed by atoms with Crippen LogP contribution in [0.2, 0.25) is 0 Å². The third kappa shape index (κ3) is 3.72. The summed E-state index contributed by atoms with van der Waals surface area (Å²) in [6, 6.07) is -0.0896. The van der Waals surface area contributed by atoms with Gasteiger partial charge in [0.2, 0.25) is 0 Å². The molecule has 3 aliphatic carbocycles. The molecule has 4 N–H and O–H groups in total. The van der Waals surface area contributed by atoms with Crippen molar-refractivity contribution in [1.29, 1.82) is 0 Å². The molecule has 5 nitrogen and oxygen atoms in total. The van der Waals surface area contributed by atoms with E-state index in [-0.39, 0.29) is 35.5 Å². The molecular weight excluding hydrogens is 352 g/mol. The number of fused-ring (bicyclic) bond motifs is 1. The van der Waals surface area contributed by atoms with Gasteiger partial charge in [0.15, 0.2) is 0 Å². The van der Waals surface area contributed by atoms with E-state index in [4.69, 9.17) is 0 Å². The van der Waals surface area contributed by atoms with Crippen molar-refractivity contribution in [3.63, 3.8) is 0 Å². The van der Waals surface area contributed by atoms with Gasteiger partial charge in [0.05, 0.1) is 6.10 Å². The number of carbonyl (C=O) groups is 1. The monoisotopic (exact) mass is 392 g/mol. The zero-order valence-electron chi connectivity index (χ0n) is 18.0. The summed E-state index contributed by atoms with van der Waals surface area (Å²) in [5.41, 5.74) is 1.55. The minimum absolute atomic E-state index is 0.00676. The molecule has 0 heterocycles. The number of hydrogen-bond donors (Lipinski definition) is 4. The average Bonchev–Trinajstić information content (AvgIpc) is 2.97. The van der Waals surface area contributed by atoms with Crippen LogP contribution in [0.5, 0.6) is 0 Å². The van der Waals surface area contributed by atoms with Crippen molar-refractivity contribution in [3.8, 4) is 0 Å². The highest BCUT2D eigenvalue weighted by molar-refractivity contribution is 5.73. The summed E-state index contributed by atoms with van der Waals surface area (Å²) < 4.78 is 0. The van der Waals surface area contributed by atoms with E-state index in [0.29, 0.717) is 37.3 Å². The van der Waals surface area contributed by atoms with Crippen LogP contribution in [0.1, 0.15) is 65.7 Å². The summed E-state index contributed by atoms with van der Waals surface area (Å²) in [6.07, 6.45) is 6.65. The number of hydrogen-bond acceptors (Lipinski definition) is 3. The molecule has 0 aromatic rings. The molecule has 28 heavy (non-hydrogen) atoms. The van der Waals surface area contributed by atoms with Crippen LogP contribution in [-0.4, -0.2) is 42.0 Å². The van der Waals surface area contributed by atoms with Gasteiger partial charge >= 0.3 is 6.03 Å². The van der Waals surface area contributed by atoms with Crippen LogP contribution in [0, 0.1) is 34.5 Å². The number of allylic oxidation sites excluding steroid dienone is 1. The van der Waals surface area contributed by atoms with Crippen molar-refractivity contribution in [1.82, 2.24) is 10.6 Å². The third-order valence-corrected chi connectivity index (χ3v) is 8.80. The van der Waals surface area contributed by atoms with Crippen LogP contribution in [0.4, 0.5) is 4.79 Å². The lowest BCUT2D eigenvalue weighted by molar-refractivity contribution is -0.0927. The predicted molar refractivity (Wildman–Crippen MR) is 112 cm³/mol. The van der Waals surface area contributed by atoms with E-state index in [1.807, 2.05) is 6.92 Å². The number of rotatable bonds is 5. The number of carbonyl (C=O) groups excluding carboxylic acids is 1. The van der Waals surface area contributed by atoms with E-state index >= 15 is 0 Å². The van der Waals surface area contributed by atoms with E-state index in [2.05, 4.69) is 31.1 Å². The maximum atomic E-state index is 12.1. The van der Waals surface area contributed by atoms with Gasteiger partial charge in [-0.15, -0.1) is 0 Å². The molecule has 160 valence electrons. The van der Waals surface area contributed by atoms with Crippen molar-refractivity contribution in [2.24, 2.45) is 34.5 Å². The number of aliphatic hydroxyl groups excluding tert-OH is 2. The summed E-state index contributed by atoms with van der Waals surface area (Å²) >= 11 is 0. The van der Waals surface area contributed by atoms with Gasteiger partial charge in [-0.05, 0) is 86.4 Å². The van der Waals surface area contributed by atoms with Crippen LogP contribution in [0.25, 0.3) is 0 Å². The van der Waals surface area contributed by atoms with Gasteiger partial charge in [0.25, 0.3) is 0 Å². The van der Waals surface area contributed by atoms with Gasteiger partial charge in [0.1, 0.15) is 0 Å². The van der Waals surface area contributed by atoms with Gasteiger partial charge in [-0.1, -0.05) is 26.0 Å². The highest BCUT2D eigenvalue weighted by Gasteiger charge is 2.56. The maximum absolute atomic E-state index is 12.1.